The summed E-state index contributed by atoms with van der Waals surface area (Å²) in [5.41, 5.74) is 2.09. The molecular weight excluding hydrogens is 116 g/mol. The predicted octanol–water partition coefficient (Wildman–Crippen LogP) is 0.736. The van der Waals surface area contributed by atoms with E-state index in [-0.39, 0.29) is 5.60 Å². The number of hydrogen-bond donors (Lipinski definition) is 2. The maximum Gasteiger partial charge on any atom is 0.194 e. The van der Waals surface area contributed by atoms with E-state index in [4.69, 9.17) is 10.6 Å². The van der Waals surface area contributed by atoms with Crippen LogP contribution in [0.25, 0.3) is 0 Å². The average molecular weight is 130 g/mol. The van der Waals surface area contributed by atoms with Crippen LogP contribution in [0, 0.1) is 0 Å². The summed E-state index contributed by atoms with van der Waals surface area (Å²) in [5.74, 6) is 5.40. The fourth-order valence-electron chi connectivity index (χ4n) is 0.399. The molecule has 0 heterocycles. The highest BCUT2D eigenvalue weighted by Crippen LogP contribution is 2.08. The van der Waals surface area contributed by atoms with Gasteiger partial charge in [0.15, 0.2) is 5.88 Å². The summed E-state index contributed by atoms with van der Waals surface area (Å²) in [7, 11) is 0. The Morgan fingerprint density at radius 3 is 2.11 bits per heavy atom. The van der Waals surface area contributed by atoms with Crippen molar-refractivity contribution in [1.82, 2.24) is 5.43 Å². The van der Waals surface area contributed by atoms with Gasteiger partial charge in [0, 0.05) is 0 Å². The van der Waals surface area contributed by atoms with Crippen LogP contribution in [-0.4, -0.2) is 5.60 Å². The van der Waals surface area contributed by atoms with E-state index in [1.807, 2.05) is 20.8 Å². The highest BCUT2D eigenvalue weighted by atomic mass is 16.5. The van der Waals surface area contributed by atoms with E-state index in [1.165, 1.54) is 0 Å². The summed E-state index contributed by atoms with van der Waals surface area (Å²) in [6.45, 7) is 9.28. The molecule has 0 bridgehead atoms. The van der Waals surface area contributed by atoms with Gasteiger partial charge < -0.3 is 4.74 Å². The van der Waals surface area contributed by atoms with E-state index < -0.39 is 0 Å². The van der Waals surface area contributed by atoms with Crippen LogP contribution in [0.15, 0.2) is 12.5 Å². The van der Waals surface area contributed by atoms with Crippen molar-refractivity contribution in [2.24, 2.45) is 5.84 Å². The average Bonchev–Trinajstić information content (AvgIpc) is 1.62. The Labute approximate surface area is 55.8 Å². The third-order valence-electron chi connectivity index (χ3n) is 0.590. The number of ether oxygens (including phenoxy) is 1. The topological polar surface area (TPSA) is 47.3 Å². The van der Waals surface area contributed by atoms with Crippen molar-refractivity contribution in [1.29, 1.82) is 0 Å². The lowest BCUT2D eigenvalue weighted by molar-refractivity contribution is 0.0416. The molecule has 3 N–H and O–H groups in total. The Bertz CT molecular complexity index is 104. The second kappa shape index (κ2) is 2.73. The van der Waals surface area contributed by atoms with Gasteiger partial charge in [0.05, 0.1) is 0 Å². The maximum absolute atomic E-state index is 5.16. The van der Waals surface area contributed by atoms with Crippen molar-refractivity contribution in [2.45, 2.75) is 26.4 Å². The second-order valence-corrected chi connectivity index (χ2v) is 2.78. The monoisotopic (exact) mass is 130 g/mol. The summed E-state index contributed by atoms with van der Waals surface area (Å²) in [4.78, 5) is 0. The maximum atomic E-state index is 5.16. The molecule has 0 amide bonds. The van der Waals surface area contributed by atoms with Crippen LogP contribution in [-0.2, 0) is 4.74 Å². The zero-order valence-electron chi connectivity index (χ0n) is 6.19. The minimum absolute atomic E-state index is 0.219. The number of nitrogens with two attached hydrogens (primary N) is 1. The molecule has 0 saturated carbocycles. The van der Waals surface area contributed by atoms with Gasteiger partial charge in [-0.15, -0.1) is 0 Å². The Kier molecular flexibility index (Phi) is 2.52. The van der Waals surface area contributed by atoms with Crippen molar-refractivity contribution < 1.29 is 4.74 Å². The van der Waals surface area contributed by atoms with Gasteiger partial charge in [0.25, 0.3) is 0 Å². The molecule has 0 aromatic carbocycles. The molecule has 3 nitrogen and oxygen atoms in total. The minimum Gasteiger partial charge on any atom is -0.473 e. The first-order chi connectivity index (χ1) is 3.95. The molecule has 0 aliphatic carbocycles. The molecule has 0 rings (SSSR count). The molecule has 0 unspecified atom stereocenters. The van der Waals surface area contributed by atoms with Crippen LogP contribution in [0.4, 0.5) is 0 Å². The molecule has 3 heteroatoms. The lowest BCUT2D eigenvalue weighted by Crippen LogP contribution is -2.28. The molecule has 0 aromatic rings. The zero-order chi connectivity index (χ0) is 7.49. The summed E-state index contributed by atoms with van der Waals surface area (Å²) < 4.78 is 5.16. The summed E-state index contributed by atoms with van der Waals surface area (Å²) in [6.07, 6.45) is 0. The van der Waals surface area contributed by atoms with Gasteiger partial charge in [-0.05, 0) is 27.4 Å². The molecular formula is C6H14N2O. The molecule has 0 spiro atoms. The first-order valence-corrected chi connectivity index (χ1v) is 2.80. The number of nitrogens with one attached hydrogen (secondary N) is 1. The highest BCUT2D eigenvalue weighted by Gasteiger charge is 2.10. The van der Waals surface area contributed by atoms with Crippen LogP contribution in [0.2, 0.25) is 0 Å². The fraction of sp³-hybridized carbons (Fsp3) is 0.667. The molecule has 54 valence electrons. The van der Waals surface area contributed by atoms with Gasteiger partial charge in [0.1, 0.15) is 5.60 Å². The third kappa shape index (κ3) is 5.17. The van der Waals surface area contributed by atoms with E-state index in [2.05, 4.69) is 12.0 Å². The van der Waals surface area contributed by atoms with E-state index in [1.54, 1.807) is 0 Å². The molecule has 0 radical (unpaired) electrons. The standard InChI is InChI=1S/C6H14N2O/c1-5(8-7)9-6(2,3)4/h8H,1,7H2,2-4H3. The summed E-state index contributed by atoms with van der Waals surface area (Å²) >= 11 is 0. The lowest BCUT2D eigenvalue weighted by Gasteiger charge is -2.21. The molecule has 0 atom stereocenters. The molecule has 0 saturated heterocycles. The molecule has 9 heavy (non-hydrogen) atoms. The Morgan fingerprint density at radius 2 is 2.00 bits per heavy atom. The normalized spacial score (nSPS) is 10.7. The van der Waals surface area contributed by atoms with Gasteiger partial charge in [-0.1, -0.05) is 0 Å². The van der Waals surface area contributed by atoms with Crippen molar-refractivity contribution in [3.63, 3.8) is 0 Å². The van der Waals surface area contributed by atoms with Gasteiger partial charge >= 0.3 is 0 Å². The summed E-state index contributed by atoms with van der Waals surface area (Å²) in [6, 6.07) is 0. The van der Waals surface area contributed by atoms with Crippen LogP contribution < -0.4 is 11.3 Å². The Balaban J connectivity index is 3.60. The van der Waals surface area contributed by atoms with Gasteiger partial charge in [-0.3, -0.25) is 5.43 Å². The minimum atomic E-state index is -0.219. The predicted molar refractivity (Wildman–Crippen MR) is 37.3 cm³/mol. The van der Waals surface area contributed by atoms with Crippen LogP contribution >= 0.6 is 0 Å². The van der Waals surface area contributed by atoms with Crippen LogP contribution in [0.1, 0.15) is 20.8 Å². The van der Waals surface area contributed by atoms with E-state index >= 15 is 0 Å². The Hall–Kier alpha value is -0.700. The third-order valence-corrected chi connectivity index (χ3v) is 0.590. The smallest absolute Gasteiger partial charge is 0.194 e. The lowest BCUT2D eigenvalue weighted by atomic mass is 10.2. The first-order valence-electron chi connectivity index (χ1n) is 2.80. The van der Waals surface area contributed by atoms with E-state index in [0.29, 0.717) is 5.88 Å². The number of rotatable bonds is 2. The van der Waals surface area contributed by atoms with Gasteiger partial charge in [-0.2, -0.15) is 0 Å². The van der Waals surface area contributed by atoms with Gasteiger partial charge in [-0.25, -0.2) is 5.84 Å². The SMILES string of the molecule is C=C(NN)OC(C)(C)C. The van der Waals surface area contributed by atoms with E-state index in [0.717, 1.165) is 0 Å². The van der Waals surface area contributed by atoms with Gasteiger partial charge in [0.2, 0.25) is 0 Å². The number of hydrazine groups is 1. The van der Waals surface area contributed by atoms with Crippen molar-refractivity contribution in [3.05, 3.63) is 12.5 Å². The molecule has 0 aliphatic rings. The first kappa shape index (κ1) is 8.30. The fourth-order valence-corrected chi connectivity index (χ4v) is 0.399. The molecule has 0 fully saturated rings. The zero-order valence-corrected chi connectivity index (χ0v) is 6.19. The summed E-state index contributed by atoms with van der Waals surface area (Å²) in [5, 5.41) is 0. The van der Waals surface area contributed by atoms with E-state index in [9.17, 15) is 0 Å². The molecule has 0 aromatic heterocycles. The quantitative estimate of drug-likeness (QED) is 0.329. The number of hydrogen-bond acceptors (Lipinski definition) is 3. The molecule has 0 aliphatic heterocycles. The van der Waals surface area contributed by atoms with Crippen molar-refractivity contribution in [3.8, 4) is 0 Å². The van der Waals surface area contributed by atoms with Crippen LogP contribution in [0.3, 0.4) is 0 Å². The Morgan fingerprint density at radius 1 is 1.56 bits per heavy atom. The second-order valence-electron chi connectivity index (χ2n) is 2.78. The van der Waals surface area contributed by atoms with Crippen molar-refractivity contribution in [2.75, 3.05) is 0 Å². The largest absolute Gasteiger partial charge is 0.473 e. The van der Waals surface area contributed by atoms with Crippen molar-refractivity contribution >= 4 is 0 Å². The highest BCUT2D eigenvalue weighted by molar-refractivity contribution is 4.79. The van der Waals surface area contributed by atoms with Crippen LogP contribution in [0.5, 0.6) is 0 Å².